The fourth-order valence-corrected chi connectivity index (χ4v) is 1.56. The van der Waals surface area contributed by atoms with Crippen LogP contribution in [0.1, 0.15) is 31.7 Å². The van der Waals surface area contributed by atoms with Crippen LogP contribution in [0.3, 0.4) is 0 Å². The van der Waals surface area contributed by atoms with E-state index in [1.165, 1.54) is 0 Å². The molecule has 0 amide bonds. The van der Waals surface area contributed by atoms with Gasteiger partial charge in [-0.3, -0.25) is 0 Å². The van der Waals surface area contributed by atoms with Gasteiger partial charge in [0.25, 0.3) is 0 Å². The summed E-state index contributed by atoms with van der Waals surface area (Å²) in [6, 6.07) is 6.02. The van der Waals surface area contributed by atoms with Gasteiger partial charge < -0.3 is 10.5 Å². The number of halogens is 1. The van der Waals surface area contributed by atoms with Gasteiger partial charge in [-0.25, -0.2) is 0 Å². The van der Waals surface area contributed by atoms with Crippen molar-refractivity contribution in [3.8, 4) is 5.75 Å². The SMILES string of the molecule is CCC(N)CCCOc1ccc(Cl)c(C)c1. The summed E-state index contributed by atoms with van der Waals surface area (Å²) in [4.78, 5) is 0. The summed E-state index contributed by atoms with van der Waals surface area (Å²) in [5.74, 6) is 0.881. The van der Waals surface area contributed by atoms with E-state index in [2.05, 4.69) is 6.92 Å². The molecular formula is C13H20ClNO. The Morgan fingerprint density at radius 3 is 2.81 bits per heavy atom. The van der Waals surface area contributed by atoms with Gasteiger partial charge in [-0.15, -0.1) is 0 Å². The zero-order valence-electron chi connectivity index (χ0n) is 10.0. The van der Waals surface area contributed by atoms with Crippen molar-refractivity contribution in [3.05, 3.63) is 28.8 Å². The Labute approximate surface area is 103 Å². The van der Waals surface area contributed by atoms with Gasteiger partial charge in [-0.1, -0.05) is 18.5 Å². The van der Waals surface area contributed by atoms with E-state index in [0.717, 1.165) is 42.2 Å². The fraction of sp³-hybridized carbons (Fsp3) is 0.538. The number of rotatable bonds is 6. The average Bonchev–Trinajstić information content (AvgIpc) is 2.28. The first kappa shape index (κ1) is 13.3. The molecule has 1 aromatic rings. The van der Waals surface area contributed by atoms with Crippen LogP contribution in [0.4, 0.5) is 0 Å². The van der Waals surface area contributed by atoms with Crippen LogP contribution >= 0.6 is 11.6 Å². The number of hydrogen-bond acceptors (Lipinski definition) is 2. The van der Waals surface area contributed by atoms with Gasteiger partial charge in [-0.2, -0.15) is 0 Å². The molecule has 2 nitrogen and oxygen atoms in total. The Hall–Kier alpha value is -0.730. The van der Waals surface area contributed by atoms with Crippen LogP contribution in [0.25, 0.3) is 0 Å². The Morgan fingerprint density at radius 1 is 1.44 bits per heavy atom. The summed E-state index contributed by atoms with van der Waals surface area (Å²) >= 11 is 5.93. The molecule has 1 aromatic carbocycles. The van der Waals surface area contributed by atoms with Crippen LogP contribution in [0.2, 0.25) is 5.02 Å². The summed E-state index contributed by atoms with van der Waals surface area (Å²) in [6.45, 7) is 4.80. The summed E-state index contributed by atoms with van der Waals surface area (Å²) in [5, 5.41) is 0.778. The predicted octanol–water partition coefficient (Wildman–Crippen LogP) is 3.54. The van der Waals surface area contributed by atoms with Gasteiger partial charge in [0.15, 0.2) is 0 Å². The van der Waals surface area contributed by atoms with Crippen LogP contribution in [0.15, 0.2) is 18.2 Å². The molecule has 0 heterocycles. The topological polar surface area (TPSA) is 35.2 Å². The van der Waals surface area contributed by atoms with Gasteiger partial charge in [-0.05, 0) is 49.9 Å². The van der Waals surface area contributed by atoms with Crippen LogP contribution in [-0.2, 0) is 0 Å². The summed E-state index contributed by atoms with van der Waals surface area (Å²) in [7, 11) is 0. The molecule has 1 unspecified atom stereocenters. The standard InChI is InChI=1S/C13H20ClNO/c1-3-11(15)5-4-8-16-12-6-7-13(14)10(2)9-12/h6-7,9,11H,3-5,8,15H2,1-2H3. The van der Waals surface area contributed by atoms with Crippen molar-refractivity contribution in [2.24, 2.45) is 5.73 Å². The molecule has 16 heavy (non-hydrogen) atoms. The largest absolute Gasteiger partial charge is 0.494 e. The highest BCUT2D eigenvalue weighted by molar-refractivity contribution is 6.31. The lowest BCUT2D eigenvalue weighted by Crippen LogP contribution is -2.19. The van der Waals surface area contributed by atoms with Crippen molar-refractivity contribution in [3.63, 3.8) is 0 Å². The average molecular weight is 242 g/mol. The fourth-order valence-electron chi connectivity index (χ4n) is 1.45. The monoisotopic (exact) mass is 241 g/mol. The zero-order valence-corrected chi connectivity index (χ0v) is 10.8. The van der Waals surface area contributed by atoms with Crippen molar-refractivity contribution in [2.45, 2.75) is 39.2 Å². The first-order valence-electron chi connectivity index (χ1n) is 5.78. The molecule has 0 aromatic heterocycles. The first-order valence-corrected chi connectivity index (χ1v) is 6.15. The molecule has 2 N–H and O–H groups in total. The molecule has 0 fully saturated rings. The minimum absolute atomic E-state index is 0.301. The quantitative estimate of drug-likeness (QED) is 0.774. The Balaban J connectivity index is 2.29. The highest BCUT2D eigenvalue weighted by Crippen LogP contribution is 2.21. The molecular weight excluding hydrogens is 222 g/mol. The third-order valence-corrected chi connectivity index (χ3v) is 3.07. The molecule has 0 aliphatic carbocycles. The summed E-state index contributed by atoms with van der Waals surface area (Å²) in [6.07, 6.45) is 3.04. The molecule has 90 valence electrons. The van der Waals surface area contributed by atoms with Crippen molar-refractivity contribution >= 4 is 11.6 Å². The lowest BCUT2D eigenvalue weighted by Gasteiger charge is -2.10. The summed E-state index contributed by atoms with van der Waals surface area (Å²) < 4.78 is 5.62. The highest BCUT2D eigenvalue weighted by Gasteiger charge is 2.00. The van der Waals surface area contributed by atoms with Crippen molar-refractivity contribution < 1.29 is 4.74 Å². The molecule has 1 atom stereocenters. The van der Waals surface area contributed by atoms with Crippen LogP contribution in [-0.4, -0.2) is 12.6 Å². The minimum Gasteiger partial charge on any atom is -0.494 e. The van der Waals surface area contributed by atoms with E-state index in [9.17, 15) is 0 Å². The van der Waals surface area contributed by atoms with Crippen LogP contribution in [0, 0.1) is 6.92 Å². The van der Waals surface area contributed by atoms with E-state index in [1.807, 2.05) is 25.1 Å². The van der Waals surface area contributed by atoms with Gasteiger partial charge in [0, 0.05) is 11.1 Å². The molecule has 0 bridgehead atoms. The van der Waals surface area contributed by atoms with Crippen LogP contribution in [0.5, 0.6) is 5.75 Å². The number of hydrogen-bond donors (Lipinski definition) is 1. The number of nitrogens with two attached hydrogens (primary N) is 1. The van der Waals surface area contributed by atoms with Crippen molar-refractivity contribution in [2.75, 3.05) is 6.61 Å². The molecule has 1 rings (SSSR count). The van der Waals surface area contributed by atoms with E-state index >= 15 is 0 Å². The van der Waals surface area contributed by atoms with E-state index < -0.39 is 0 Å². The van der Waals surface area contributed by atoms with Crippen molar-refractivity contribution in [1.82, 2.24) is 0 Å². The summed E-state index contributed by atoms with van der Waals surface area (Å²) in [5.41, 5.74) is 6.87. The Kier molecular flexibility index (Phi) is 5.64. The third kappa shape index (κ3) is 4.42. The maximum absolute atomic E-state index is 5.93. The number of benzene rings is 1. The maximum atomic E-state index is 5.93. The smallest absolute Gasteiger partial charge is 0.119 e. The minimum atomic E-state index is 0.301. The predicted molar refractivity (Wildman–Crippen MR) is 69.2 cm³/mol. The van der Waals surface area contributed by atoms with Gasteiger partial charge >= 0.3 is 0 Å². The second kappa shape index (κ2) is 6.77. The van der Waals surface area contributed by atoms with Gasteiger partial charge in [0.05, 0.1) is 6.61 Å². The Morgan fingerprint density at radius 2 is 2.19 bits per heavy atom. The molecule has 0 aliphatic heterocycles. The van der Waals surface area contributed by atoms with E-state index in [4.69, 9.17) is 22.1 Å². The van der Waals surface area contributed by atoms with Gasteiger partial charge in [0.2, 0.25) is 0 Å². The Bertz CT molecular complexity index is 328. The second-order valence-corrected chi connectivity index (χ2v) is 4.48. The third-order valence-electron chi connectivity index (χ3n) is 2.64. The van der Waals surface area contributed by atoms with E-state index in [0.29, 0.717) is 6.04 Å². The number of ether oxygens (including phenoxy) is 1. The maximum Gasteiger partial charge on any atom is 0.119 e. The lowest BCUT2D eigenvalue weighted by atomic mass is 10.1. The molecule has 0 spiro atoms. The molecule has 3 heteroatoms. The molecule has 0 saturated heterocycles. The molecule has 0 radical (unpaired) electrons. The second-order valence-electron chi connectivity index (χ2n) is 4.07. The highest BCUT2D eigenvalue weighted by atomic mass is 35.5. The number of aryl methyl sites for hydroxylation is 1. The lowest BCUT2D eigenvalue weighted by molar-refractivity contribution is 0.300. The van der Waals surface area contributed by atoms with E-state index in [-0.39, 0.29) is 0 Å². The van der Waals surface area contributed by atoms with Crippen molar-refractivity contribution in [1.29, 1.82) is 0 Å². The molecule has 0 saturated carbocycles. The zero-order chi connectivity index (χ0) is 12.0. The normalized spacial score (nSPS) is 12.5. The first-order chi connectivity index (χ1) is 7.63. The molecule has 0 aliphatic rings. The van der Waals surface area contributed by atoms with E-state index in [1.54, 1.807) is 0 Å². The van der Waals surface area contributed by atoms with Crippen LogP contribution < -0.4 is 10.5 Å². The van der Waals surface area contributed by atoms with Gasteiger partial charge in [0.1, 0.15) is 5.75 Å².